The molecular formula is C19H20O8. The van der Waals surface area contributed by atoms with Crippen molar-refractivity contribution >= 4 is 11.6 Å². The molecule has 1 aromatic carbocycles. The van der Waals surface area contributed by atoms with Crippen molar-refractivity contribution in [1.29, 1.82) is 0 Å². The fraction of sp³-hybridized carbons (Fsp3) is 0.474. The summed E-state index contributed by atoms with van der Waals surface area (Å²) in [6, 6.07) is 3.91. The fourth-order valence-corrected chi connectivity index (χ4v) is 4.86. The predicted molar refractivity (Wildman–Crippen MR) is 89.7 cm³/mol. The number of Topliss-reactive ketones (excluding diaryl/α,β-unsaturated/α-hetero) is 2. The fourth-order valence-electron chi connectivity index (χ4n) is 4.86. The van der Waals surface area contributed by atoms with Gasteiger partial charge in [0, 0.05) is 28.7 Å². The molecule has 0 amide bonds. The number of rotatable bonds is 0. The Morgan fingerprint density at radius 2 is 1.78 bits per heavy atom. The normalized spacial score (nSPS) is 41.1. The van der Waals surface area contributed by atoms with Crippen LogP contribution in [0.5, 0.6) is 5.75 Å². The van der Waals surface area contributed by atoms with Gasteiger partial charge in [-0.25, -0.2) is 0 Å². The van der Waals surface area contributed by atoms with E-state index in [1.165, 1.54) is 18.2 Å². The maximum absolute atomic E-state index is 13.1. The largest absolute Gasteiger partial charge is 0.508 e. The zero-order valence-corrected chi connectivity index (χ0v) is 14.5. The zero-order valence-electron chi connectivity index (χ0n) is 14.5. The van der Waals surface area contributed by atoms with Crippen LogP contribution in [-0.2, 0) is 4.79 Å². The van der Waals surface area contributed by atoms with E-state index in [1.54, 1.807) is 6.92 Å². The number of phenolic OH excluding ortho intramolecular Hbond substituents is 1. The van der Waals surface area contributed by atoms with Crippen LogP contribution in [0.1, 0.15) is 41.8 Å². The van der Waals surface area contributed by atoms with E-state index in [0.717, 1.165) is 0 Å². The smallest absolute Gasteiger partial charge is 0.193 e. The Labute approximate surface area is 154 Å². The van der Waals surface area contributed by atoms with Crippen LogP contribution >= 0.6 is 0 Å². The molecule has 3 aliphatic rings. The van der Waals surface area contributed by atoms with E-state index in [9.17, 15) is 40.2 Å². The standard InChI is InChI=1S/C19H20O8/c1-7-5-10(21)19(27)13-12(16(24)17(25)18(19,26)6-7)15(23)11-8(14(13)22)3-2-4-9(11)20/h2-4,7,15-17,20,23-27H,5-6H2,1H3/t7-,15-,16+,17+,18-,19+/m1/s1. The Morgan fingerprint density at radius 1 is 1.11 bits per heavy atom. The van der Waals surface area contributed by atoms with E-state index in [-0.39, 0.29) is 24.0 Å². The first-order chi connectivity index (χ1) is 12.6. The summed E-state index contributed by atoms with van der Waals surface area (Å²) in [4.78, 5) is 25.9. The Hall–Kier alpha value is -2.10. The highest BCUT2D eigenvalue weighted by Crippen LogP contribution is 2.55. The number of carbonyl (C=O) groups excluding carboxylic acids is 2. The Kier molecular flexibility index (Phi) is 3.70. The van der Waals surface area contributed by atoms with E-state index in [2.05, 4.69) is 0 Å². The van der Waals surface area contributed by atoms with Crippen LogP contribution < -0.4 is 0 Å². The number of aromatic hydroxyl groups is 1. The molecule has 0 spiro atoms. The van der Waals surface area contributed by atoms with E-state index in [0.29, 0.717) is 0 Å². The van der Waals surface area contributed by atoms with E-state index < -0.39 is 63.9 Å². The van der Waals surface area contributed by atoms with Crippen molar-refractivity contribution in [2.75, 3.05) is 0 Å². The summed E-state index contributed by atoms with van der Waals surface area (Å²) < 4.78 is 0. The van der Waals surface area contributed by atoms with Gasteiger partial charge < -0.3 is 30.6 Å². The average Bonchev–Trinajstić information content (AvgIpc) is 2.60. The number of aliphatic hydroxyl groups is 5. The van der Waals surface area contributed by atoms with Gasteiger partial charge >= 0.3 is 0 Å². The highest BCUT2D eigenvalue weighted by molar-refractivity contribution is 6.18. The molecule has 144 valence electrons. The molecule has 1 saturated carbocycles. The molecule has 1 fully saturated rings. The maximum Gasteiger partial charge on any atom is 0.193 e. The predicted octanol–water partition coefficient (Wildman–Crippen LogP) is -0.885. The first kappa shape index (κ1) is 18.3. The number of hydrogen-bond acceptors (Lipinski definition) is 8. The third-order valence-electron chi connectivity index (χ3n) is 6.10. The van der Waals surface area contributed by atoms with Gasteiger partial charge in [-0.15, -0.1) is 0 Å². The van der Waals surface area contributed by atoms with Crippen LogP contribution in [0.2, 0.25) is 0 Å². The number of ketones is 2. The number of hydrogen-bond donors (Lipinski definition) is 6. The van der Waals surface area contributed by atoms with Crippen molar-refractivity contribution in [3.8, 4) is 5.75 Å². The van der Waals surface area contributed by atoms with Crippen LogP contribution in [0.15, 0.2) is 29.3 Å². The van der Waals surface area contributed by atoms with Crippen LogP contribution in [0.3, 0.4) is 0 Å². The number of benzene rings is 1. The lowest BCUT2D eigenvalue weighted by atomic mass is 9.54. The number of phenols is 1. The lowest BCUT2D eigenvalue weighted by molar-refractivity contribution is -0.229. The van der Waals surface area contributed by atoms with Crippen molar-refractivity contribution in [2.45, 2.75) is 49.3 Å². The molecule has 3 aliphatic carbocycles. The molecule has 0 saturated heterocycles. The van der Waals surface area contributed by atoms with Crippen molar-refractivity contribution in [1.82, 2.24) is 0 Å². The minimum absolute atomic E-state index is 0.144. The molecule has 0 aromatic heterocycles. The van der Waals surface area contributed by atoms with Crippen molar-refractivity contribution in [3.05, 3.63) is 40.5 Å². The summed E-state index contributed by atoms with van der Waals surface area (Å²) in [5.74, 6) is -2.56. The summed E-state index contributed by atoms with van der Waals surface area (Å²) in [5.41, 5.74) is -6.68. The molecule has 27 heavy (non-hydrogen) atoms. The summed E-state index contributed by atoms with van der Waals surface area (Å²) in [5, 5.41) is 64.3. The van der Waals surface area contributed by atoms with Crippen molar-refractivity contribution in [3.63, 3.8) is 0 Å². The SMILES string of the molecule is C[C@@H]1CC(=O)[C@]2(O)C3=C([C@H](O)c4c(O)cccc4C3=O)[C@H](O)[C@H](O)[C@]2(O)C1. The van der Waals surface area contributed by atoms with Crippen LogP contribution in [0.4, 0.5) is 0 Å². The zero-order chi connectivity index (χ0) is 19.9. The third kappa shape index (κ3) is 1.99. The van der Waals surface area contributed by atoms with Gasteiger partial charge in [0.1, 0.15) is 29.7 Å². The Balaban J connectivity index is 2.05. The summed E-state index contributed by atoms with van der Waals surface area (Å²) >= 11 is 0. The van der Waals surface area contributed by atoms with Crippen molar-refractivity contribution < 1.29 is 40.2 Å². The summed E-state index contributed by atoms with van der Waals surface area (Å²) in [6.45, 7) is 1.64. The lowest BCUT2D eigenvalue weighted by Gasteiger charge is -2.56. The van der Waals surface area contributed by atoms with Gasteiger partial charge in [-0.3, -0.25) is 9.59 Å². The quantitative estimate of drug-likeness (QED) is 0.341. The van der Waals surface area contributed by atoms with E-state index in [4.69, 9.17) is 0 Å². The summed E-state index contributed by atoms with van der Waals surface area (Å²) in [6.07, 6.45) is -6.02. The molecule has 8 nitrogen and oxygen atoms in total. The van der Waals surface area contributed by atoms with Gasteiger partial charge in [0.05, 0.1) is 0 Å². The monoisotopic (exact) mass is 376 g/mol. The number of carbonyl (C=O) groups is 2. The number of fused-ring (bicyclic) bond motifs is 3. The Morgan fingerprint density at radius 3 is 2.44 bits per heavy atom. The van der Waals surface area contributed by atoms with Crippen molar-refractivity contribution in [2.24, 2.45) is 5.92 Å². The molecule has 6 atom stereocenters. The topological polar surface area (TPSA) is 156 Å². The first-order valence-corrected chi connectivity index (χ1v) is 8.69. The second-order valence-corrected chi connectivity index (χ2v) is 7.76. The minimum atomic E-state index is -2.77. The van der Waals surface area contributed by atoms with Gasteiger partial charge in [0.15, 0.2) is 17.2 Å². The van der Waals surface area contributed by atoms with E-state index >= 15 is 0 Å². The summed E-state index contributed by atoms with van der Waals surface area (Å²) in [7, 11) is 0. The van der Waals surface area contributed by atoms with Gasteiger partial charge in [-0.1, -0.05) is 19.1 Å². The molecule has 0 heterocycles. The van der Waals surface area contributed by atoms with Crippen LogP contribution in [-0.4, -0.2) is 65.6 Å². The molecule has 4 rings (SSSR count). The van der Waals surface area contributed by atoms with E-state index in [1.807, 2.05) is 0 Å². The highest BCUT2D eigenvalue weighted by Gasteiger charge is 2.70. The van der Waals surface area contributed by atoms with Gasteiger partial charge in [-0.2, -0.15) is 0 Å². The molecule has 1 aromatic rings. The lowest BCUT2D eigenvalue weighted by Crippen LogP contribution is -2.75. The highest BCUT2D eigenvalue weighted by atomic mass is 16.4. The average molecular weight is 376 g/mol. The molecule has 0 unspecified atom stereocenters. The Bertz CT molecular complexity index is 905. The van der Waals surface area contributed by atoms with Gasteiger partial charge in [-0.05, 0) is 18.4 Å². The number of aliphatic hydroxyl groups excluding tert-OH is 3. The maximum atomic E-state index is 13.1. The molecular weight excluding hydrogens is 356 g/mol. The second kappa shape index (κ2) is 5.46. The molecule has 0 aliphatic heterocycles. The van der Waals surface area contributed by atoms with Crippen LogP contribution in [0, 0.1) is 5.92 Å². The first-order valence-electron chi connectivity index (χ1n) is 8.69. The molecule has 8 heteroatoms. The van der Waals surface area contributed by atoms with Gasteiger partial charge in [0.2, 0.25) is 0 Å². The second-order valence-electron chi connectivity index (χ2n) is 7.76. The third-order valence-corrected chi connectivity index (χ3v) is 6.10. The molecule has 6 N–H and O–H groups in total. The molecule has 0 bridgehead atoms. The van der Waals surface area contributed by atoms with Crippen LogP contribution in [0.25, 0.3) is 0 Å². The van der Waals surface area contributed by atoms with Gasteiger partial charge in [0.25, 0.3) is 0 Å². The minimum Gasteiger partial charge on any atom is -0.508 e. The molecule has 0 radical (unpaired) electrons.